The minimum Gasteiger partial charge on any atom is -0.483 e. The Morgan fingerprint density at radius 2 is 1.92 bits per heavy atom. The number of imide groups is 1. The number of carbonyl (C=O) groups excluding carboxylic acids is 3. The minimum atomic E-state index is -1.32. The highest BCUT2D eigenvalue weighted by Crippen LogP contribution is 2.54. The number of rotatable bonds is 7. The highest BCUT2D eigenvalue weighted by Gasteiger charge is 2.56. The lowest BCUT2D eigenvalue weighted by molar-refractivity contribution is -0.149. The Kier molecular flexibility index (Phi) is 7.03. The number of fused-ring (bicyclic) bond motifs is 2. The topological polar surface area (TPSA) is 146 Å². The molecule has 3 aromatic rings. The van der Waals surface area contributed by atoms with E-state index in [0.29, 0.717) is 26.2 Å². The third kappa shape index (κ3) is 4.82. The van der Waals surface area contributed by atoms with E-state index in [1.165, 1.54) is 0 Å². The number of aliphatic carboxylic acids is 1. The molecule has 38 heavy (non-hydrogen) atoms. The number of carboxylic acid groups (broad SMARTS) is 1. The van der Waals surface area contributed by atoms with Gasteiger partial charge in [0.15, 0.2) is 6.61 Å². The zero-order valence-corrected chi connectivity index (χ0v) is 22.1. The Bertz CT molecular complexity index is 1540. The Morgan fingerprint density at radius 1 is 1.16 bits per heavy atom. The number of likely N-dealkylation sites (tertiary alicyclic amines) is 1. The van der Waals surface area contributed by atoms with Crippen LogP contribution in [0.1, 0.15) is 21.9 Å². The van der Waals surface area contributed by atoms with E-state index in [9.17, 15) is 29.1 Å². The first-order chi connectivity index (χ1) is 18.1. The number of amides is 3. The molecule has 2 aliphatic heterocycles. The second-order valence-corrected chi connectivity index (χ2v) is 11.3. The van der Waals surface area contributed by atoms with Crippen LogP contribution in [0.2, 0.25) is 5.02 Å². The van der Waals surface area contributed by atoms with E-state index in [1.807, 2.05) is 19.1 Å². The number of hydrogen-bond acceptors (Lipinski definition) is 8. The van der Waals surface area contributed by atoms with Crippen molar-refractivity contribution in [2.24, 2.45) is 5.92 Å². The van der Waals surface area contributed by atoms with Gasteiger partial charge >= 0.3 is 10.8 Å². The van der Waals surface area contributed by atoms with Crippen molar-refractivity contribution >= 4 is 64.1 Å². The standard InChI is InChI=1S/C25H20ClN3O7S2/c1-11-4-2-3-5-14(11)27-16(30)10-36-15-7-6-12(26)8-13(15)18-19-21(37-22-20(18)38-25(35)28-22)24(34)29(23(19)33)9-17(31)32/h2-8,18-19,21H,9-10H2,1H3,(H,27,30)(H,28,35)(H,31,32)/t18-,19?,21?/m1/s1. The molecule has 3 amide bonds. The number of anilines is 1. The van der Waals surface area contributed by atoms with E-state index in [0.717, 1.165) is 33.6 Å². The van der Waals surface area contributed by atoms with Crippen LogP contribution in [0, 0.1) is 12.8 Å². The first-order valence-electron chi connectivity index (χ1n) is 11.4. The van der Waals surface area contributed by atoms with Gasteiger partial charge in [-0.05, 0) is 36.8 Å². The minimum absolute atomic E-state index is 0.244. The SMILES string of the molecule is Cc1ccccc1NC(=O)COc1ccc(Cl)cc1[C@H]1c2sc(=O)[nH]c2SC2C(=O)N(CC(=O)O)C(=O)C21. The van der Waals surface area contributed by atoms with Crippen LogP contribution in [0.25, 0.3) is 0 Å². The number of aryl methyl sites for hydroxylation is 1. The van der Waals surface area contributed by atoms with Gasteiger partial charge in [-0.2, -0.15) is 0 Å². The van der Waals surface area contributed by atoms with Crippen LogP contribution in [0.3, 0.4) is 0 Å². The molecule has 1 saturated heterocycles. The molecule has 0 bridgehead atoms. The van der Waals surface area contributed by atoms with E-state index in [2.05, 4.69) is 10.3 Å². The van der Waals surface area contributed by atoms with Crippen LogP contribution in [0.15, 0.2) is 52.3 Å². The summed E-state index contributed by atoms with van der Waals surface area (Å²) in [6.45, 7) is 0.742. The summed E-state index contributed by atoms with van der Waals surface area (Å²) in [6, 6.07) is 12.0. The van der Waals surface area contributed by atoms with Crippen LogP contribution in [0.4, 0.5) is 5.69 Å². The van der Waals surface area contributed by atoms with Gasteiger partial charge in [0, 0.05) is 27.1 Å². The number of aromatic amines is 1. The number of benzene rings is 2. The quantitative estimate of drug-likeness (QED) is 0.366. The molecule has 0 spiro atoms. The Labute approximate surface area is 228 Å². The number of thiazole rings is 1. The summed E-state index contributed by atoms with van der Waals surface area (Å²) in [5.41, 5.74) is 1.93. The summed E-state index contributed by atoms with van der Waals surface area (Å²) in [5.74, 6) is -4.61. The van der Waals surface area contributed by atoms with Gasteiger partial charge in [-0.25, -0.2) is 0 Å². The van der Waals surface area contributed by atoms with E-state index in [4.69, 9.17) is 16.3 Å². The second kappa shape index (κ2) is 10.3. The molecule has 2 aromatic carbocycles. The molecule has 5 rings (SSSR count). The fourth-order valence-corrected chi connectivity index (χ4v) is 7.35. The van der Waals surface area contributed by atoms with Gasteiger partial charge in [-0.1, -0.05) is 52.9 Å². The number of nitrogens with zero attached hydrogens (tertiary/aromatic N) is 1. The zero-order chi connectivity index (χ0) is 27.1. The molecule has 3 N–H and O–H groups in total. The highest BCUT2D eigenvalue weighted by molar-refractivity contribution is 8.00. The smallest absolute Gasteiger partial charge is 0.323 e. The number of carbonyl (C=O) groups is 4. The van der Waals surface area contributed by atoms with Crippen molar-refractivity contribution < 1.29 is 29.0 Å². The molecule has 10 nitrogen and oxygen atoms in total. The average molecular weight is 574 g/mol. The van der Waals surface area contributed by atoms with Gasteiger partial charge in [0.2, 0.25) is 11.8 Å². The van der Waals surface area contributed by atoms with E-state index in [-0.39, 0.29) is 17.2 Å². The van der Waals surface area contributed by atoms with Gasteiger partial charge in [0.05, 0.1) is 10.9 Å². The van der Waals surface area contributed by atoms with E-state index in [1.54, 1.807) is 30.3 Å². The molecular formula is C25H20ClN3O7S2. The Morgan fingerprint density at radius 3 is 2.66 bits per heavy atom. The van der Waals surface area contributed by atoms with Crippen LogP contribution in [-0.2, 0) is 19.2 Å². The Balaban J connectivity index is 1.50. The molecule has 3 heterocycles. The summed E-state index contributed by atoms with van der Waals surface area (Å²) in [6.07, 6.45) is 0. The molecule has 2 aliphatic rings. The third-order valence-electron chi connectivity index (χ3n) is 6.29. The van der Waals surface area contributed by atoms with Crippen LogP contribution in [-0.4, -0.2) is 57.1 Å². The largest absolute Gasteiger partial charge is 0.483 e. The zero-order valence-electron chi connectivity index (χ0n) is 19.7. The predicted octanol–water partition coefficient (Wildman–Crippen LogP) is 3.09. The maximum Gasteiger partial charge on any atom is 0.323 e. The first-order valence-corrected chi connectivity index (χ1v) is 13.5. The van der Waals surface area contributed by atoms with Gasteiger partial charge in [-0.15, -0.1) is 0 Å². The molecular weight excluding hydrogens is 554 g/mol. The molecule has 196 valence electrons. The van der Waals surface area contributed by atoms with Gasteiger partial charge < -0.3 is 20.1 Å². The summed E-state index contributed by atoms with van der Waals surface area (Å²) in [4.78, 5) is 66.3. The summed E-state index contributed by atoms with van der Waals surface area (Å²) >= 11 is 8.24. The molecule has 1 aromatic heterocycles. The molecule has 2 unspecified atom stereocenters. The van der Waals surface area contributed by atoms with Crippen LogP contribution >= 0.6 is 34.7 Å². The predicted molar refractivity (Wildman–Crippen MR) is 141 cm³/mol. The summed E-state index contributed by atoms with van der Waals surface area (Å²) in [7, 11) is 0. The van der Waals surface area contributed by atoms with Gasteiger partial charge in [-0.3, -0.25) is 28.9 Å². The van der Waals surface area contributed by atoms with Crippen molar-refractivity contribution in [1.82, 2.24) is 9.88 Å². The maximum atomic E-state index is 13.4. The number of para-hydroxylation sites is 1. The number of carboxylic acids is 1. The van der Waals surface area contributed by atoms with Crippen LogP contribution in [0.5, 0.6) is 5.75 Å². The molecule has 0 radical (unpaired) electrons. The number of aromatic nitrogens is 1. The number of ether oxygens (including phenoxy) is 1. The molecule has 13 heteroatoms. The fraction of sp³-hybridized carbons (Fsp3) is 0.240. The van der Waals surface area contributed by atoms with Gasteiger partial charge in [0.25, 0.3) is 5.91 Å². The van der Waals surface area contributed by atoms with Crippen LogP contribution < -0.4 is 14.9 Å². The fourth-order valence-electron chi connectivity index (χ4n) is 4.64. The van der Waals surface area contributed by atoms with E-state index >= 15 is 0 Å². The average Bonchev–Trinajstić information content (AvgIpc) is 3.35. The van der Waals surface area contributed by atoms with Crippen molar-refractivity contribution in [3.63, 3.8) is 0 Å². The molecule has 3 atom stereocenters. The highest BCUT2D eigenvalue weighted by atomic mass is 35.5. The summed E-state index contributed by atoms with van der Waals surface area (Å²) in [5, 5.41) is 11.8. The maximum absolute atomic E-state index is 13.4. The van der Waals surface area contributed by atoms with E-state index < -0.39 is 47.3 Å². The first kappa shape index (κ1) is 26.0. The molecule has 0 saturated carbocycles. The lowest BCUT2D eigenvalue weighted by atomic mass is 9.82. The Hall–Kier alpha value is -3.61. The number of halogens is 1. The number of thioether (sulfide) groups is 1. The third-order valence-corrected chi connectivity index (χ3v) is 8.93. The lowest BCUT2D eigenvalue weighted by Crippen LogP contribution is -2.36. The monoisotopic (exact) mass is 573 g/mol. The second-order valence-electron chi connectivity index (χ2n) is 8.74. The lowest BCUT2D eigenvalue weighted by Gasteiger charge is -2.31. The normalized spacial score (nSPS) is 20.2. The van der Waals surface area contributed by atoms with Crippen molar-refractivity contribution in [3.8, 4) is 5.75 Å². The molecule has 1 fully saturated rings. The molecule has 0 aliphatic carbocycles. The number of hydrogen-bond donors (Lipinski definition) is 3. The van der Waals surface area contributed by atoms with Gasteiger partial charge in [0.1, 0.15) is 17.5 Å². The summed E-state index contributed by atoms with van der Waals surface area (Å²) < 4.78 is 5.88. The van der Waals surface area contributed by atoms with Crippen molar-refractivity contribution in [3.05, 3.63) is 73.2 Å². The number of nitrogens with one attached hydrogen (secondary N) is 2. The van der Waals surface area contributed by atoms with Crippen molar-refractivity contribution in [2.45, 2.75) is 23.1 Å². The number of H-pyrrole nitrogens is 1. The van der Waals surface area contributed by atoms with Crippen molar-refractivity contribution in [2.75, 3.05) is 18.5 Å². The van der Waals surface area contributed by atoms with Crippen molar-refractivity contribution in [1.29, 1.82) is 0 Å².